The van der Waals surface area contributed by atoms with E-state index >= 15 is 0 Å². The minimum absolute atomic E-state index is 0.187. The zero-order valence-electron chi connectivity index (χ0n) is 17.2. The molecule has 0 bridgehead atoms. The zero-order valence-corrected chi connectivity index (χ0v) is 18.7. The van der Waals surface area contributed by atoms with Gasteiger partial charge in [0.15, 0.2) is 9.84 Å². The van der Waals surface area contributed by atoms with E-state index in [1.807, 2.05) is 0 Å². The van der Waals surface area contributed by atoms with Gasteiger partial charge in [0.2, 0.25) is 0 Å². The summed E-state index contributed by atoms with van der Waals surface area (Å²) in [5.41, 5.74) is 0.767. The van der Waals surface area contributed by atoms with Crippen LogP contribution < -0.4 is 5.32 Å². The molecule has 4 atom stereocenters. The van der Waals surface area contributed by atoms with Crippen molar-refractivity contribution in [1.29, 1.82) is 0 Å². The second-order valence-electron chi connectivity index (χ2n) is 9.03. The molecular formula is C22H26ClFN4O2S. The Kier molecular flexibility index (Phi) is 5.65. The Bertz CT molecular complexity index is 1060. The molecule has 166 valence electrons. The topological polar surface area (TPSA) is 75.2 Å². The number of hydrogen-bond donors (Lipinski definition) is 1. The van der Waals surface area contributed by atoms with Crippen LogP contribution in [-0.4, -0.2) is 48.5 Å². The van der Waals surface area contributed by atoms with Crippen molar-refractivity contribution in [2.75, 3.05) is 18.4 Å². The van der Waals surface area contributed by atoms with E-state index in [9.17, 15) is 12.8 Å². The van der Waals surface area contributed by atoms with E-state index in [1.165, 1.54) is 43.6 Å². The molecule has 3 unspecified atom stereocenters. The van der Waals surface area contributed by atoms with Crippen molar-refractivity contribution < 1.29 is 12.8 Å². The van der Waals surface area contributed by atoms with E-state index < -0.39 is 26.3 Å². The fourth-order valence-electron chi connectivity index (χ4n) is 5.18. The number of likely N-dealkylation sites (tertiary alicyclic amines) is 1. The third-order valence-electron chi connectivity index (χ3n) is 6.88. The summed E-state index contributed by atoms with van der Waals surface area (Å²) in [6.07, 6.45) is 8.55. The van der Waals surface area contributed by atoms with Crippen LogP contribution >= 0.6 is 11.6 Å². The summed E-state index contributed by atoms with van der Waals surface area (Å²) >= 11 is 6.43. The van der Waals surface area contributed by atoms with Gasteiger partial charge >= 0.3 is 0 Å². The third-order valence-corrected chi connectivity index (χ3v) is 8.86. The molecule has 2 aliphatic carbocycles. The highest BCUT2D eigenvalue weighted by Gasteiger charge is 2.48. The lowest BCUT2D eigenvalue weighted by atomic mass is 9.89. The average molecular weight is 465 g/mol. The number of aromatic nitrogens is 2. The molecule has 3 fully saturated rings. The number of sulfone groups is 1. The molecule has 1 aromatic heterocycles. The molecule has 0 spiro atoms. The summed E-state index contributed by atoms with van der Waals surface area (Å²) in [6, 6.07) is 4.55. The van der Waals surface area contributed by atoms with Gasteiger partial charge in [-0.25, -0.2) is 22.8 Å². The van der Waals surface area contributed by atoms with Crippen molar-refractivity contribution in [3.05, 3.63) is 47.3 Å². The molecule has 1 aromatic carbocycles. The van der Waals surface area contributed by atoms with Crippen LogP contribution in [0, 0.1) is 17.7 Å². The highest BCUT2D eigenvalue weighted by atomic mass is 35.5. The Balaban J connectivity index is 1.35. The van der Waals surface area contributed by atoms with Gasteiger partial charge in [0.25, 0.3) is 0 Å². The molecule has 0 radical (unpaired) electrons. The quantitative estimate of drug-likeness (QED) is 0.698. The Morgan fingerprint density at radius 1 is 1.19 bits per heavy atom. The summed E-state index contributed by atoms with van der Waals surface area (Å²) in [6.45, 7) is 2.33. The molecule has 31 heavy (non-hydrogen) atoms. The van der Waals surface area contributed by atoms with E-state index in [0.29, 0.717) is 17.4 Å². The van der Waals surface area contributed by atoms with E-state index in [1.54, 1.807) is 0 Å². The van der Waals surface area contributed by atoms with Gasteiger partial charge in [-0.3, -0.25) is 4.90 Å². The zero-order chi connectivity index (χ0) is 21.6. The molecule has 0 amide bonds. The van der Waals surface area contributed by atoms with Gasteiger partial charge < -0.3 is 5.32 Å². The lowest BCUT2D eigenvalue weighted by Crippen LogP contribution is -2.48. The number of benzene rings is 1. The number of fused-ring (bicyclic) bond motifs is 1. The predicted molar refractivity (Wildman–Crippen MR) is 117 cm³/mol. The van der Waals surface area contributed by atoms with Gasteiger partial charge in [-0.1, -0.05) is 24.4 Å². The van der Waals surface area contributed by atoms with Crippen molar-refractivity contribution in [2.45, 2.75) is 54.8 Å². The summed E-state index contributed by atoms with van der Waals surface area (Å²) < 4.78 is 40.4. The van der Waals surface area contributed by atoms with E-state index in [4.69, 9.17) is 11.6 Å². The van der Waals surface area contributed by atoms with Crippen LogP contribution in [0.5, 0.6) is 0 Å². The number of piperidine rings is 1. The lowest BCUT2D eigenvalue weighted by molar-refractivity contribution is 0.161. The summed E-state index contributed by atoms with van der Waals surface area (Å²) in [4.78, 5) is 9.89. The maximum Gasteiger partial charge on any atom is 0.187 e. The van der Waals surface area contributed by atoms with E-state index in [0.717, 1.165) is 44.2 Å². The smallest absolute Gasteiger partial charge is 0.187 e. The molecular weight excluding hydrogens is 439 g/mol. The lowest BCUT2D eigenvalue weighted by Gasteiger charge is -2.39. The second-order valence-corrected chi connectivity index (χ2v) is 11.4. The van der Waals surface area contributed by atoms with Crippen LogP contribution in [-0.2, 0) is 15.6 Å². The first-order chi connectivity index (χ1) is 14.9. The highest BCUT2D eigenvalue weighted by molar-refractivity contribution is 7.90. The molecule has 3 aliphatic rings. The van der Waals surface area contributed by atoms with Crippen LogP contribution in [0.25, 0.3) is 0 Å². The first-order valence-corrected chi connectivity index (χ1v) is 12.9. The van der Waals surface area contributed by atoms with Crippen LogP contribution in [0.2, 0.25) is 5.02 Å². The van der Waals surface area contributed by atoms with E-state index in [-0.39, 0.29) is 11.1 Å². The molecule has 2 aromatic rings. The molecule has 9 heteroatoms. The van der Waals surface area contributed by atoms with Gasteiger partial charge in [-0.15, -0.1) is 0 Å². The second kappa shape index (κ2) is 8.30. The van der Waals surface area contributed by atoms with Crippen molar-refractivity contribution in [3.8, 4) is 0 Å². The predicted octanol–water partition coefficient (Wildman–Crippen LogP) is 3.92. The molecule has 2 heterocycles. The maximum absolute atomic E-state index is 14.9. The summed E-state index contributed by atoms with van der Waals surface area (Å²) in [5, 5.41) is 3.66. The number of hydrogen-bond acceptors (Lipinski definition) is 6. The van der Waals surface area contributed by atoms with Crippen LogP contribution in [0.15, 0.2) is 35.6 Å². The van der Waals surface area contributed by atoms with Gasteiger partial charge in [0, 0.05) is 31.4 Å². The summed E-state index contributed by atoms with van der Waals surface area (Å²) in [7, 11) is -3.93. The molecule has 1 saturated heterocycles. The normalized spacial score (nSPS) is 28.3. The average Bonchev–Trinajstić information content (AvgIpc) is 3.36. The van der Waals surface area contributed by atoms with Crippen LogP contribution in [0.1, 0.15) is 37.8 Å². The minimum atomic E-state index is -3.93. The fourth-order valence-corrected chi connectivity index (χ4v) is 6.83. The fraction of sp³-hybridized carbons (Fsp3) is 0.545. The monoisotopic (exact) mass is 464 g/mol. The van der Waals surface area contributed by atoms with Crippen molar-refractivity contribution in [2.24, 2.45) is 11.8 Å². The summed E-state index contributed by atoms with van der Waals surface area (Å²) in [5.74, 6) is 0.527. The highest BCUT2D eigenvalue weighted by Crippen LogP contribution is 2.47. The van der Waals surface area contributed by atoms with Gasteiger partial charge in [0.1, 0.15) is 17.0 Å². The maximum atomic E-state index is 14.9. The number of nitrogens with one attached hydrogen (secondary N) is 1. The number of anilines is 1. The van der Waals surface area contributed by atoms with Gasteiger partial charge in [-0.2, -0.15) is 0 Å². The number of nitrogens with zero attached hydrogens (tertiary/aromatic N) is 3. The molecule has 6 nitrogen and oxygen atoms in total. The number of rotatable bonds is 6. The Hall–Kier alpha value is -1.77. The molecule has 5 rings (SSSR count). The first kappa shape index (κ1) is 21.1. The third kappa shape index (κ3) is 4.43. The Morgan fingerprint density at radius 3 is 2.71 bits per heavy atom. The first-order valence-electron chi connectivity index (χ1n) is 10.9. The molecule has 2 saturated carbocycles. The van der Waals surface area contributed by atoms with E-state index in [2.05, 4.69) is 20.2 Å². The SMILES string of the molecule is O=S(=O)(Cc1ccncn1)c1cc(Cl)c(NC2CCCC[C@@H]2N2CC3CC3C2)cc1F. The largest absolute Gasteiger partial charge is 0.379 e. The minimum Gasteiger partial charge on any atom is -0.379 e. The Labute approximate surface area is 187 Å². The van der Waals surface area contributed by atoms with Crippen LogP contribution in [0.3, 0.4) is 0 Å². The van der Waals surface area contributed by atoms with Crippen LogP contribution in [0.4, 0.5) is 10.1 Å². The van der Waals surface area contributed by atoms with Crippen molar-refractivity contribution >= 4 is 27.1 Å². The molecule has 1 N–H and O–H groups in total. The van der Waals surface area contributed by atoms with Gasteiger partial charge in [0.05, 0.1) is 22.2 Å². The van der Waals surface area contributed by atoms with Crippen molar-refractivity contribution in [1.82, 2.24) is 14.9 Å². The van der Waals surface area contributed by atoms with Crippen molar-refractivity contribution in [3.63, 3.8) is 0 Å². The Morgan fingerprint density at radius 2 is 1.97 bits per heavy atom. The number of halogens is 2. The standard InChI is InChI=1S/C22H26ClFN4O2S/c23-17-8-22(31(29,30)12-16-5-6-25-13-26-16)18(24)9-20(17)27-19-3-1-2-4-21(19)28-10-14-7-15(14)11-28/h5-6,8-9,13-15,19,21,27H,1-4,7,10-12H2/t14?,15?,19?,21-/m0/s1. The van der Waals surface area contributed by atoms with Gasteiger partial charge in [-0.05, 0) is 49.3 Å². The molecule has 1 aliphatic heterocycles.